The molecule has 1 rings (SSSR count). The first kappa shape index (κ1) is 12.3. The number of hydrogen-bond donors (Lipinski definition) is 1. The standard InChI is InChI=1S/C13H21NO/c1-13(2,3)9-6-8-12(15)11-7-4-5-10-14-11/h11,14H,4-5,7-8,10H2,1-3H3. The van der Waals surface area contributed by atoms with E-state index in [9.17, 15) is 4.79 Å². The number of ketones is 1. The first-order valence-corrected chi connectivity index (χ1v) is 5.75. The maximum Gasteiger partial charge on any atom is 0.161 e. The molecule has 0 aromatic carbocycles. The van der Waals surface area contributed by atoms with Crippen LogP contribution >= 0.6 is 0 Å². The second-order valence-electron chi connectivity index (χ2n) is 5.20. The van der Waals surface area contributed by atoms with Crippen molar-refractivity contribution in [1.29, 1.82) is 0 Å². The molecular formula is C13H21NO. The minimum Gasteiger partial charge on any atom is -0.307 e. The lowest BCUT2D eigenvalue weighted by molar-refractivity contribution is -0.120. The molecule has 0 aliphatic carbocycles. The van der Waals surface area contributed by atoms with Gasteiger partial charge in [0.05, 0.1) is 12.5 Å². The number of hydrogen-bond acceptors (Lipinski definition) is 2. The molecule has 0 saturated carbocycles. The Balaban J connectivity index is 2.37. The Bertz CT molecular complexity index is 271. The van der Waals surface area contributed by atoms with Gasteiger partial charge in [-0.2, -0.15) is 0 Å². The van der Waals surface area contributed by atoms with Crippen LogP contribution < -0.4 is 5.32 Å². The molecule has 1 saturated heterocycles. The van der Waals surface area contributed by atoms with Crippen LogP contribution in [0.25, 0.3) is 0 Å². The van der Waals surface area contributed by atoms with Crippen molar-refractivity contribution in [3.05, 3.63) is 0 Å². The fraction of sp³-hybridized carbons (Fsp3) is 0.769. The molecule has 1 atom stereocenters. The third kappa shape index (κ3) is 4.99. The second-order valence-corrected chi connectivity index (χ2v) is 5.20. The van der Waals surface area contributed by atoms with E-state index in [0.717, 1.165) is 19.4 Å². The molecule has 15 heavy (non-hydrogen) atoms. The Morgan fingerprint density at radius 2 is 2.13 bits per heavy atom. The highest BCUT2D eigenvalue weighted by Gasteiger charge is 2.19. The van der Waals surface area contributed by atoms with Gasteiger partial charge in [-0.1, -0.05) is 18.3 Å². The number of nitrogens with one attached hydrogen (secondary N) is 1. The minimum atomic E-state index is 0.000271. The summed E-state index contributed by atoms with van der Waals surface area (Å²) in [7, 11) is 0. The SMILES string of the molecule is CC(C)(C)C#CCC(=O)C1CCCCN1. The summed E-state index contributed by atoms with van der Waals surface area (Å²) in [4.78, 5) is 11.7. The van der Waals surface area contributed by atoms with E-state index in [2.05, 4.69) is 37.9 Å². The summed E-state index contributed by atoms with van der Waals surface area (Å²) in [5, 5.41) is 3.25. The Morgan fingerprint density at radius 3 is 2.67 bits per heavy atom. The van der Waals surface area contributed by atoms with Crippen molar-refractivity contribution in [1.82, 2.24) is 5.32 Å². The van der Waals surface area contributed by atoms with E-state index in [1.807, 2.05) is 0 Å². The predicted octanol–water partition coefficient (Wildman–Crippen LogP) is 2.14. The lowest BCUT2D eigenvalue weighted by atomic mass is 9.96. The van der Waals surface area contributed by atoms with Crippen LogP contribution in [0.1, 0.15) is 46.5 Å². The van der Waals surface area contributed by atoms with Crippen LogP contribution in [-0.4, -0.2) is 18.4 Å². The molecule has 1 aliphatic heterocycles. The summed E-state index contributed by atoms with van der Waals surface area (Å²) < 4.78 is 0. The maximum absolute atomic E-state index is 11.7. The van der Waals surface area contributed by atoms with Crippen LogP contribution in [0.5, 0.6) is 0 Å². The monoisotopic (exact) mass is 207 g/mol. The van der Waals surface area contributed by atoms with Gasteiger partial charge >= 0.3 is 0 Å². The van der Waals surface area contributed by atoms with Crippen molar-refractivity contribution in [2.24, 2.45) is 5.41 Å². The van der Waals surface area contributed by atoms with Crippen LogP contribution in [0.3, 0.4) is 0 Å². The smallest absolute Gasteiger partial charge is 0.161 e. The number of piperidine rings is 1. The molecular weight excluding hydrogens is 186 g/mol. The number of Topliss-reactive ketones (excluding diaryl/α,β-unsaturated/α-hetero) is 1. The van der Waals surface area contributed by atoms with E-state index in [1.165, 1.54) is 6.42 Å². The van der Waals surface area contributed by atoms with Gasteiger partial charge in [-0.25, -0.2) is 0 Å². The van der Waals surface area contributed by atoms with Crippen molar-refractivity contribution in [3.8, 4) is 11.8 Å². The van der Waals surface area contributed by atoms with Crippen molar-refractivity contribution in [2.45, 2.75) is 52.5 Å². The van der Waals surface area contributed by atoms with Gasteiger partial charge in [0, 0.05) is 5.41 Å². The molecule has 0 radical (unpaired) electrons. The molecule has 1 aliphatic rings. The molecule has 2 nitrogen and oxygen atoms in total. The van der Waals surface area contributed by atoms with Crippen LogP contribution in [0.15, 0.2) is 0 Å². The van der Waals surface area contributed by atoms with Crippen molar-refractivity contribution < 1.29 is 4.79 Å². The molecule has 0 aromatic heterocycles. The van der Waals surface area contributed by atoms with E-state index in [4.69, 9.17) is 0 Å². The van der Waals surface area contributed by atoms with Crippen molar-refractivity contribution >= 4 is 5.78 Å². The zero-order valence-corrected chi connectivity index (χ0v) is 10.0. The van der Waals surface area contributed by atoms with Gasteiger partial charge in [-0.15, -0.1) is 0 Å². The van der Waals surface area contributed by atoms with Gasteiger partial charge in [0.1, 0.15) is 0 Å². The van der Waals surface area contributed by atoms with E-state index in [-0.39, 0.29) is 17.2 Å². The number of rotatable bonds is 2. The molecule has 84 valence electrons. The Kier molecular flexibility index (Phi) is 4.35. The Labute approximate surface area is 92.8 Å². The highest BCUT2D eigenvalue weighted by Crippen LogP contribution is 2.11. The zero-order valence-electron chi connectivity index (χ0n) is 10.0. The average molecular weight is 207 g/mol. The first-order valence-electron chi connectivity index (χ1n) is 5.75. The number of carbonyl (C=O) groups is 1. The Hall–Kier alpha value is -0.810. The van der Waals surface area contributed by atoms with Crippen molar-refractivity contribution in [3.63, 3.8) is 0 Å². The third-order valence-electron chi connectivity index (χ3n) is 2.42. The molecule has 1 heterocycles. The largest absolute Gasteiger partial charge is 0.307 e. The number of carbonyl (C=O) groups excluding carboxylic acids is 1. The zero-order chi connectivity index (χ0) is 11.3. The van der Waals surface area contributed by atoms with Crippen LogP contribution in [0, 0.1) is 17.3 Å². The molecule has 0 bridgehead atoms. The van der Waals surface area contributed by atoms with Crippen LogP contribution in [0.2, 0.25) is 0 Å². The molecule has 1 N–H and O–H groups in total. The quantitative estimate of drug-likeness (QED) is 0.703. The summed E-state index contributed by atoms with van der Waals surface area (Å²) in [5.41, 5.74) is 0.000271. The van der Waals surface area contributed by atoms with Gasteiger partial charge in [-0.3, -0.25) is 4.79 Å². The summed E-state index contributed by atoms with van der Waals surface area (Å²) in [6.07, 6.45) is 3.73. The van der Waals surface area contributed by atoms with Crippen molar-refractivity contribution in [2.75, 3.05) is 6.54 Å². The van der Waals surface area contributed by atoms with Gasteiger partial charge < -0.3 is 5.32 Å². The van der Waals surface area contributed by atoms with E-state index in [1.54, 1.807) is 0 Å². The van der Waals surface area contributed by atoms with Crippen LogP contribution in [-0.2, 0) is 4.79 Å². The highest BCUT2D eigenvalue weighted by molar-refractivity contribution is 5.86. The molecule has 1 fully saturated rings. The third-order valence-corrected chi connectivity index (χ3v) is 2.42. The molecule has 0 amide bonds. The van der Waals surface area contributed by atoms with Gasteiger partial charge in [0.2, 0.25) is 0 Å². The molecule has 2 heteroatoms. The molecule has 0 spiro atoms. The van der Waals surface area contributed by atoms with E-state index in [0.29, 0.717) is 6.42 Å². The normalized spacial score (nSPS) is 21.7. The fourth-order valence-corrected chi connectivity index (χ4v) is 1.65. The maximum atomic E-state index is 11.7. The fourth-order valence-electron chi connectivity index (χ4n) is 1.65. The van der Waals surface area contributed by atoms with Gasteiger partial charge in [0.15, 0.2) is 5.78 Å². The summed E-state index contributed by atoms with van der Waals surface area (Å²) >= 11 is 0. The summed E-state index contributed by atoms with van der Waals surface area (Å²) in [5.74, 6) is 6.33. The molecule has 0 aromatic rings. The topological polar surface area (TPSA) is 29.1 Å². The lowest BCUT2D eigenvalue weighted by Crippen LogP contribution is -2.40. The second kappa shape index (κ2) is 5.32. The van der Waals surface area contributed by atoms with Gasteiger partial charge in [-0.05, 0) is 40.2 Å². The Morgan fingerprint density at radius 1 is 1.40 bits per heavy atom. The molecule has 1 unspecified atom stereocenters. The average Bonchev–Trinajstić information content (AvgIpc) is 2.17. The summed E-state index contributed by atoms with van der Waals surface area (Å²) in [6, 6.07) is 0.0630. The first-order chi connectivity index (χ1) is 6.99. The lowest BCUT2D eigenvalue weighted by Gasteiger charge is -2.21. The van der Waals surface area contributed by atoms with E-state index >= 15 is 0 Å². The van der Waals surface area contributed by atoms with Crippen LogP contribution in [0.4, 0.5) is 0 Å². The highest BCUT2D eigenvalue weighted by atomic mass is 16.1. The van der Waals surface area contributed by atoms with Gasteiger partial charge in [0.25, 0.3) is 0 Å². The van der Waals surface area contributed by atoms with E-state index < -0.39 is 0 Å². The predicted molar refractivity (Wildman–Crippen MR) is 62.5 cm³/mol. The minimum absolute atomic E-state index is 0.000271. The summed E-state index contributed by atoms with van der Waals surface area (Å²) in [6.45, 7) is 7.15.